The topological polar surface area (TPSA) is 39.1 Å². The van der Waals surface area contributed by atoms with Crippen molar-refractivity contribution in [3.05, 3.63) is 42.2 Å². The largest absolute Gasteiger partial charge is 0.494 e. The average Bonchev–Trinajstić information content (AvgIpc) is 2.78. The van der Waals surface area contributed by atoms with Gasteiger partial charge in [-0.25, -0.2) is 9.37 Å². The summed E-state index contributed by atoms with van der Waals surface area (Å²) in [4.78, 5) is 4.27. The zero-order chi connectivity index (χ0) is 13.1. The van der Waals surface area contributed by atoms with Gasteiger partial charge in [0.15, 0.2) is 11.6 Å². The van der Waals surface area contributed by atoms with Crippen molar-refractivity contribution in [1.82, 2.24) is 9.55 Å². The minimum atomic E-state index is -0.368. The predicted molar refractivity (Wildman–Crippen MR) is 68.2 cm³/mol. The van der Waals surface area contributed by atoms with Crippen LogP contribution in [0.1, 0.15) is 18.8 Å². The third-order valence-electron chi connectivity index (χ3n) is 2.78. The summed E-state index contributed by atoms with van der Waals surface area (Å²) in [6.45, 7) is 2.00. The number of benzene rings is 1. The Morgan fingerprint density at radius 1 is 1.44 bits per heavy atom. The van der Waals surface area contributed by atoms with Gasteiger partial charge >= 0.3 is 0 Å². The summed E-state index contributed by atoms with van der Waals surface area (Å²) < 4.78 is 20.2. The maximum absolute atomic E-state index is 13.3. The fraction of sp³-hybridized carbons (Fsp3) is 0.308. The molecule has 0 bridgehead atoms. The van der Waals surface area contributed by atoms with Gasteiger partial charge in [0.05, 0.1) is 13.2 Å². The summed E-state index contributed by atoms with van der Waals surface area (Å²) in [6.07, 6.45) is 3.64. The first-order valence-electron chi connectivity index (χ1n) is 5.69. The van der Waals surface area contributed by atoms with Crippen LogP contribution in [0.5, 0.6) is 5.75 Å². The number of imidazole rings is 1. The molecular weight excluding hydrogens is 233 g/mol. The van der Waals surface area contributed by atoms with Gasteiger partial charge in [-0.2, -0.15) is 0 Å². The molecule has 1 heterocycles. The molecule has 0 amide bonds. The van der Waals surface area contributed by atoms with Crippen LogP contribution >= 0.6 is 0 Å². The second-order valence-corrected chi connectivity index (χ2v) is 4.11. The quantitative estimate of drug-likeness (QED) is 0.905. The van der Waals surface area contributed by atoms with E-state index in [4.69, 9.17) is 4.74 Å². The molecule has 1 N–H and O–H groups in total. The van der Waals surface area contributed by atoms with Crippen molar-refractivity contribution < 1.29 is 9.13 Å². The zero-order valence-corrected chi connectivity index (χ0v) is 10.6. The highest BCUT2D eigenvalue weighted by atomic mass is 19.1. The lowest BCUT2D eigenvalue weighted by atomic mass is 10.2. The van der Waals surface area contributed by atoms with Crippen LogP contribution < -0.4 is 10.1 Å². The molecule has 1 aromatic heterocycles. The molecular formula is C13H16FN3O. The maximum atomic E-state index is 13.3. The van der Waals surface area contributed by atoms with E-state index in [0.29, 0.717) is 0 Å². The normalized spacial score (nSPS) is 12.2. The van der Waals surface area contributed by atoms with Crippen LogP contribution in [0.3, 0.4) is 0 Å². The molecule has 0 aliphatic heterocycles. The van der Waals surface area contributed by atoms with Gasteiger partial charge in [-0.1, -0.05) is 0 Å². The number of rotatable bonds is 4. The van der Waals surface area contributed by atoms with Crippen molar-refractivity contribution in [2.24, 2.45) is 7.05 Å². The second-order valence-electron chi connectivity index (χ2n) is 4.11. The number of halogens is 1. The Bertz CT molecular complexity index is 539. The van der Waals surface area contributed by atoms with Crippen molar-refractivity contribution in [1.29, 1.82) is 0 Å². The number of anilines is 1. The lowest BCUT2D eigenvalue weighted by Gasteiger charge is -2.15. The van der Waals surface area contributed by atoms with Gasteiger partial charge in [-0.15, -0.1) is 0 Å². The lowest BCUT2D eigenvalue weighted by Crippen LogP contribution is -2.11. The van der Waals surface area contributed by atoms with E-state index in [0.717, 1.165) is 11.5 Å². The third kappa shape index (κ3) is 2.45. The zero-order valence-electron chi connectivity index (χ0n) is 10.6. The van der Waals surface area contributed by atoms with Gasteiger partial charge in [-0.05, 0) is 19.1 Å². The maximum Gasteiger partial charge on any atom is 0.165 e. The lowest BCUT2D eigenvalue weighted by molar-refractivity contribution is 0.386. The van der Waals surface area contributed by atoms with Crippen molar-refractivity contribution in [2.75, 3.05) is 12.4 Å². The van der Waals surface area contributed by atoms with E-state index in [1.165, 1.54) is 13.2 Å². The number of hydrogen-bond acceptors (Lipinski definition) is 3. The fourth-order valence-electron chi connectivity index (χ4n) is 1.86. The first-order chi connectivity index (χ1) is 8.61. The molecule has 0 aliphatic rings. The molecule has 5 heteroatoms. The van der Waals surface area contributed by atoms with E-state index in [1.807, 2.05) is 24.7 Å². The summed E-state index contributed by atoms with van der Waals surface area (Å²) in [5, 5.41) is 3.26. The highest BCUT2D eigenvalue weighted by Gasteiger charge is 2.11. The monoisotopic (exact) mass is 249 g/mol. The third-order valence-corrected chi connectivity index (χ3v) is 2.78. The van der Waals surface area contributed by atoms with Crippen molar-refractivity contribution in [3.8, 4) is 5.75 Å². The highest BCUT2D eigenvalue weighted by molar-refractivity contribution is 5.49. The van der Waals surface area contributed by atoms with Crippen LogP contribution in [-0.4, -0.2) is 16.7 Å². The molecule has 0 spiro atoms. The fourth-order valence-corrected chi connectivity index (χ4v) is 1.86. The van der Waals surface area contributed by atoms with Crippen molar-refractivity contribution in [3.63, 3.8) is 0 Å². The number of hydrogen-bond donors (Lipinski definition) is 1. The van der Waals surface area contributed by atoms with Gasteiger partial charge in [0.25, 0.3) is 0 Å². The van der Waals surface area contributed by atoms with E-state index in [9.17, 15) is 4.39 Å². The number of aromatic nitrogens is 2. The summed E-state index contributed by atoms with van der Waals surface area (Å²) in [5.74, 6) is 0.776. The van der Waals surface area contributed by atoms with Crippen LogP contribution in [0, 0.1) is 5.82 Å². The molecule has 2 rings (SSSR count). The minimum Gasteiger partial charge on any atom is -0.494 e. The molecule has 96 valence electrons. The molecule has 18 heavy (non-hydrogen) atoms. The van der Waals surface area contributed by atoms with E-state index in [-0.39, 0.29) is 17.6 Å². The van der Waals surface area contributed by atoms with Gasteiger partial charge < -0.3 is 14.6 Å². The summed E-state index contributed by atoms with van der Waals surface area (Å²) in [6, 6.07) is 4.72. The highest BCUT2D eigenvalue weighted by Crippen LogP contribution is 2.24. The van der Waals surface area contributed by atoms with Gasteiger partial charge in [0.1, 0.15) is 5.82 Å². The predicted octanol–water partition coefficient (Wildman–Crippen LogP) is 2.74. The van der Waals surface area contributed by atoms with Crippen molar-refractivity contribution >= 4 is 5.69 Å². The van der Waals surface area contributed by atoms with Crippen LogP contribution in [0.15, 0.2) is 30.6 Å². The molecule has 0 saturated heterocycles. The number of methoxy groups -OCH3 is 1. The second kappa shape index (κ2) is 5.08. The first kappa shape index (κ1) is 12.4. The molecule has 0 radical (unpaired) electrons. The average molecular weight is 249 g/mol. The Morgan fingerprint density at radius 2 is 2.22 bits per heavy atom. The smallest absolute Gasteiger partial charge is 0.165 e. The molecule has 1 aromatic carbocycles. The molecule has 0 saturated carbocycles. The minimum absolute atomic E-state index is 0.0279. The van der Waals surface area contributed by atoms with E-state index in [2.05, 4.69) is 10.3 Å². The molecule has 0 fully saturated rings. The van der Waals surface area contributed by atoms with E-state index >= 15 is 0 Å². The molecule has 1 atom stereocenters. The van der Waals surface area contributed by atoms with Crippen LogP contribution in [0.2, 0.25) is 0 Å². The van der Waals surface area contributed by atoms with Gasteiger partial charge in [0.2, 0.25) is 0 Å². The standard InChI is InChI=1S/C13H16FN3O/c1-9(13-15-6-7-17(13)2)16-10-4-5-11(14)12(8-10)18-3/h4-9,16H,1-3H3. The van der Waals surface area contributed by atoms with Crippen LogP contribution in [-0.2, 0) is 7.05 Å². The summed E-state index contributed by atoms with van der Waals surface area (Å²) >= 11 is 0. The number of nitrogens with zero attached hydrogens (tertiary/aromatic N) is 2. The number of nitrogens with one attached hydrogen (secondary N) is 1. The van der Waals surface area contributed by atoms with E-state index in [1.54, 1.807) is 18.3 Å². The summed E-state index contributed by atoms with van der Waals surface area (Å²) in [7, 11) is 3.39. The SMILES string of the molecule is COc1cc(NC(C)c2nccn2C)ccc1F. The molecule has 2 aromatic rings. The van der Waals surface area contributed by atoms with Crippen molar-refractivity contribution in [2.45, 2.75) is 13.0 Å². The number of aryl methyl sites for hydroxylation is 1. The first-order valence-corrected chi connectivity index (χ1v) is 5.69. The van der Waals surface area contributed by atoms with Crippen LogP contribution in [0.25, 0.3) is 0 Å². The molecule has 0 aliphatic carbocycles. The Hall–Kier alpha value is -2.04. The molecule has 1 unspecified atom stereocenters. The molecule has 4 nitrogen and oxygen atoms in total. The van der Waals surface area contributed by atoms with Crippen LogP contribution in [0.4, 0.5) is 10.1 Å². The Kier molecular flexibility index (Phi) is 3.50. The van der Waals surface area contributed by atoms with Gasteiger partial charge in [0, 0.05) is 31.2 Å². The van der Waals surface area contributed by atoms with Gasteiger partial charge in [-0.3, -0.25) is 0 Å². The summed E-state index contributed by atoms with van der Waals surface area (Å²) in [5.41, 5.74) is 0.795. The number of ether oxygens (including phenoxy) is 1. The van der Waals surface area contributed by atoms with E-state index < -0.39 is 0 Å². The Morgan fingerprint density at radius 3 is 2.83 bits per heavy atom. The Balaban J connectivity index is 2.17. The Labute approximate surface area is 105 Å².